The molecule has 1 amide bonds. The van der Waals surface area contributed by atoms with E-state index < -0.39 is 0 Å². The van der Waals surface area contributed by atoms with Gasteiger partial charge in [-0.05, 0) is 50.5 Å². The first-order chi connectivity index (χ1) is 7.68. The smallest absolute Gasteiger partial charge is 0.254 e. The zero-order chi connectivity index (χ0) is 11.5. The van der Waals surface area contributed by atoms with Gasteiger partial charge >= 0.3 is 0 Å². The molecule has 86 valence electrons. The first-order valence-electron chi connectivity index (χ1n) is 5.75. The van der Waals surface area contributed by atoms with Gasteiger partial charge in [-0.1, -0.05) is 11.6 Å². The van der Waals surface area contributed by atoms with E-state index in [1.165, 1.54) is 6.42 Å². The van der Waals surface area contributed by atoms with Gasteiger partial charge in [-0.15, -0.1) is 0 Å². The minimum absolute atomic E-state index is 0.129. The predicted molar refractivity (Wildman–Crippen MR) is 65.8 cm³/mol. The summed E-state index contributed by atoms with van der Waals surface area (Å²) in [5.74, 6) is 0.129. The SMILES string of the molecule is CC1CCCCN1C(=O)c1ccc(Cl)cc1. The highest BCUT2D eigenvalue weighted by molar-refractivity contribution is 6.30. The summed E-state index contributed by atoms with van der Waals surface area (Å²) in [6.07, 6.45) is 3.45. The van der Waals surface area contributed by atoms with E-state index in [0.717, 1.165) is 24.9 Å². The first kappa shape index (κ1) is 11.5. The van der Waals surface area contributed by atoms with Crippen molar-refractivity contribution < 1.29 is 4.79 Å². The van der Waals surface area contributed by atoms with Crippen molar-refractivity contribution in [3.8, 4) is 0 Å². The molecule has 1 atom stereocenters. The molecule has 1 heterocycles. The van der Waals surface area contributed by atoms with Crippen LogP contribution in [0.5, 0.6) is 0 Å². The van der Waals surface area contributed by atoms with Crippen LogP contribution in [0.15, 0.2) is 24.3 Å². The summed E-state index contributed by atoms with van der Waals surface area (Å²) in [6, 6.07) is 7.49. The summed E-state index contributed by atoms with van der Waals surface area (Å²) in [5.41, 5.74) is 0.734. The van der Waals surface area contributed by atoms with E-state index >= 15 is 0 Å². The Morgan fingerprint density at radius 3 is 2.62 bits per heavy atom. The third-order valence-electron chi connectivity index (χ3n) is 3.16. The summed E-state index contributed by atoms with van der Waals surface area (Å²) in [7, 11) is 0. The molecule has 1 saturated heterocycles. The van der Waals surface area contributed by atoms with Gasteiger partial charge in [0.1, 0.15) is 0 Å². The number of halogens is 1. The molecule has 1 unspecified atom stereocenters. The molecule has 3 heteroatoms. The van der Waals surface area contributed by atoms with Crippen molar-refractivity contribution >= 4 is 17.5 Å². The molecule has 2 rings (SSSR count). The monoisotopic (exact) mass is 237 g/mol. The Balaban J connectivity index is 2.14. The zero-order valence-electron chi connectivity index (χ0n) is 9.45. The fraction of sp³-hybridized carbons (Fsp3) is 0.462. The average Bonchev–Trinajstić information content (AvgIpc) is 2.30. The Morgan fingerprint density at radius 2 is 2.00 bits per heavy atom. The predicted octanol–water partition coefficient (Wildman–Crippen LogP) is 3.35. The molecule has 0 N–H and O–H groups in total. The van der Waals surface area contributed by atoms with Crippen LogP contribution in [0.3, 0.4) is 0 Å². The Bertz CT molecular complexity index is 374. The zero-order valence-corrected chi connectivity index (χ0v) is 10.2. The van der Waals surface area contributed by atoms with E-state index in [4.69, 9.17) is 11.6 Å². The van der Waals surface area contributed by atoms with Gasteiger partial charge in [-0.2, -0.15) is 0 Å². The van der Waals surface area contributed by atoms with Gasteiger partial charge in [-0.25, -0.2) is 0 Å². The third-order valence-corrected chi connectivity index (χ3v) is 3.41. The molecule has 0 aromatic heterocycles. The minimum Gasteiger partial charge on any atom is -0.336 e. The van der Waals surface area contributed by atoms with Crippen LogP contribution in [0, 0.1) is 0 Å². The Kier molecular flexibility index (Phi) is 3.49. The molecular weight excluding hydrogens is 222 g/mol. The van der Waals surface area contributed by atoms with Crippen molar-refractivity contribution in [2.24, 2.45) is 0 Å². The first-order valence-corrected chi connectivity index (χ1v) is 6.13. The topological polar surface area (TPSA) is 20.3 Å². The Morgan fingerprint density at radius 1 is 1.31 bits per heavy atom. The van der Waals surface area contributed by atoms with Gasteiger partial charge in [0.15, 0.2) is 0 Å². The quantitative estimate of drug-likeness (QED) is 0.734. The lowest BCUT2D eigenvalue weighted by molar-refractivity contribution is 0.0635. The van der Waals surface area contributed by atoms with Crippen molar-refractivity contribution in [3.05, 3.63) is 34.9 Å². The maximum atomic E-state index is 12.2. The van der Waals surface area contributed by atoms with E-state index in [1.807, 2.05) is 4.90 Å². The van der Waals surface area contributed by atoms with Crippen molar-refractivity contribution in [1.82, 2.24) is 4.90 Å². The van der Waals surface area contributed by atoms with Crippen molar-refractivity contribution in [2.75, 3.05) is 6.54 Å². The molecule has 1 aromatic rings. The van der Waals surface area contributed by atoms with Crippen LogP contribution in [0.1, 0.15) is 36.5 Å². The molecule has 0 radical (unpaired) electrons. The summed E-state index contributed by atoms with van der Waals surface area (Å²) in [6.45, 7) is 3.00. The highest BCUT2D eigenvalue weighted by atomic mass is 35.5. The van der Waals surface area contributed by atoms with E-state index in [9.17, 15) is 4.79 Å². The number of hydrogen-bond donors (Lipinski definition) is 0. The normalized spacial score (nSPS) is 20.9. The van der Waals surface area contributed by atoms with Gasteiger partial charge in [0.05, 0.1) is 0 Å². The highest BCUT2D eigenvalue weighted by Gasteiger charge is 2.23. The van der Waals surface area contributed by atoms with Gasteiger partial charge < -0.3 is 4.90 Å². The standard InChI is InChI=1S/C13H16ClNO/c1-10-4-2-3-9-15(10)13(16)11-5-7-12(14)8-6-11/h5-8,10H,2-4,9H2,1H3. The number of hydrogen-bond acceptors (Lipinski definition) is 1. The van der Waals surface area contributed by atoms with Gasteiger partial charge in [0.25, 0.3) is 5.91 Å². The van der Waals surface area contributed by atoms with Gasteiger partial charge in [0, 0.05) is 23.2 Å². The van der Waals surface area contributed by atoms with Crippen LogP contribution in [-0.4, -0.2) is 23.4 Å². The van der Waals surface area contributed by atoms with E-state index in [0.29, 0.717) is 11.1 Å². The molecule has 1 aliphatic heterocycles. The molecule has 1 aromatic carbocycles. The Hall–Kier alpha value is -1.02. The summed E-state index contributed by atoms with van der Waals surface area (Å²) >= 11 is 5.81. The lowest BCUT2D eigenvalue weighted by Crippen LogP contribution is -2.41. The molecule has 1 fully saturated rings. The van der Waals surface area contributed by atoms with Crippen LogP contribution >= 0.6 is 11.6 Å². The number of likely N-dealkylation sites (tertiary alicyclic amines) is 1. The molecule has 0 aliphatic carbocycles. The van der Waals surface area contributed by atoms with Crippen LogP contribution in [0.2, 0.25) is 5.02 Å². The molecule has 16 heavy (non-hydrogen) atoms. The van der Waals surface area contributed by atoms with Crippen LogP contribution in [-0.2, 0) is 0 Å². The highest BCUT2D eigenvalue weighted by Crippen LogP contribution is 2.20. The fourth-order valence-electron chi connectivity index (χ4n) is 2.16. The fourth-order valence-corrected chi connectivity index (χ4v) is 2.28. The number of amides is 1. The number of carbonyl (C=O) groups excluding carboxylic acids is 1. The van der Waals surface area contributed by atoms with Crippen molar-refractivity contribution in [2.45, 2.75) is 32.2 Å². The lowest BCUT2D eigenvalue weighted by Gasteiger charge is -2.33. The molecule has 1 aliphatic rings. The summed E-state index contributed by atoms with van der Waals surface area (Å²) in [5, 5.41) is 0.670. The second-order valence-corrected chi connectivity index (χ2v) is 4.79. The molecule has 0 bridgehead atoms. The number of rotatable bonds is 1. The van der Waals surface area contributed by atoms with E-state index in [2.05, 4.69) is 6.92 Å². The van der Waals surface area contributed by atoms with Gasteiger partial charge in [0.2, 0.25) is 0 Å². The van der Waals surface area contributed by atoms with Crippen molar-refractivity contribution in [3.63, 3.8) is 0 Å². The maximum absolute atomic E-state index is 12.2. The molecular formula is C13H16ClNO. The van der Waals surface area contributed by atoms with Crippen LogP contribution in [0.4, 0.5) is 0 Å². The largest absolute Gasteiger partial charge is 0.336 e. The van der Waals surface area contributed by atoms with Crippen molar-refractivity contribution in [1.29, 1.82) is 0 Å². The number of nitrogens with zero attached hydrogens (tertiary/aromatic N) is 1. The maximum Gasteiger partial charge on any atom is 0.254 e. The third kappa shape index (κ3) is 2.38. The summed E-state index contributed by atoms with van der Waals surface area (Å²) < 4.78 is 0. The van der Waals surface area contributed by atoms with Crippen LogP contribution < -0.4 is 0 Å². The summed E-state index contributed by atoms with van der Waals surface area (Å²) in [4.78, 5) is 14.2. The van der Waals surface area contributed by atoms with E-state index in [-0.39, 0.29) is 5.91 Å². The minimum atomic E-state index is 0.129. The second kappa shape index (κ2) is 4.88. The Labute approximate surface area is 101 Å². The molecule has 0 saturated carbocycles. The van der Waals surface area contributed by atoms with Crippen LogP contribution in [0.25, 0.3) is 0 Å². The molecule has 0 spiro atoms. The number of carbonyl (C=O) groups is 1. The lowest BCUT2D eigenvalue weighted by atomic mass is 10.0. The molecule has 2 nitrogen and oxygen atoms in total. The second-order valence-electron chi connectivity index (χ2n) is 4.35. The van der Waals surface area contributed by atoms with E-state index in [1.54, 1.807) is 24.3 Å². The number of piperidine rings is 1. The van der Waals surface area contributed by atoms with Gasteiger partial charge in [-0.3, -0.25) is 4.79 Å². The average molecular weight is 238 g/mol. The number of benzene rings is 1.